The number of nitrogens with two attached hydrogens (primary N) is 1. The van der Waals surface area contributed by atoms with Crippen LogP contribution in [0.5, 0.6) is 11.5 Å². The van der Waals surface area contributed by atoms with Crippen LogP contribution in [-0.2, 0) is 6.42 Å². The summed E-state index contributed by atoms with van der Waals surface area (Å²) in [7, 11) is 3.24. The average molecular weight is 399 g/mol. The topological polar surface area (TPSA) is 70.3 Å². The zero-order chi connectivity index (χ0) is 15.4. The number of ether oxygens (including phenoxy) is 2. The van der Waals surface area contributed by atoms with E-state index in [0.29, 0.717) is 17.4 Å². The molecule has 0 aliphatic rings. The molecule has 0 amide bonds. The molecule has 0 bridgehead atoms. The Hall–Kier alpha value is -1.57. The number of benzene rings is 1. The summed E-state index contributed by atoms with van der Waals surface area (Å²) in [5, 5.41) is 0. The third-order valence-corrected chi connectivity index (χ3v) is 4.26. The maximum absolute atomic E-state index is 6.02. The monoisotopic (exact) mass is 399 g/mol. The van der Waals surface area contributed by atoms with Crippen molar-refractivity contribution in [3.8, 4) is 22.9 Å². The number of nitrogens with zero attached hydrogens (tertiary/aromatic N) is 2. The Bertz CT molecular complexity index is 647. The first-order valence-electron chi connectivity index (χ1n) is 6.65. The van der Waals surface area contributed by atoms with Crippen LogP contribution >= 0.6 is 22.6 Å². The molecule has 0 radical (unpaired) electrons. The lowest BCUT2D eigenvalue weighted by molar-refractivity contribution is 0.404. The Kier molecular flexibility index (Phi) is 5.22. The Morgan fingerprint density at radius 1 is 1.19 bits per heavy atom. The number of methoxy groups -OCH3 is 2. The normalized spacial score (nSPS) is 10.5. The maximum Gasteiger partial charge on any atom is 0.165 e. The SMILES string of the molecule is CCCc1nc(-c2cc(OC)ccc2OC)nc(N)c1I. The standard InChI is InChI=1S/C15H18IN3O2/c1-4-5-11-13(16)14(17)19-15(18-11)10-8-9(20-2)6-7-12(10)21-3/h6-8H,4-5H2,1-3H3,(H2,17,18,19). The summed E-state index contributed by atoms with van der Waals surface area (Å²) < 4.78 is 11.6. The van der Waals surface area contributed by atoms with E-state index in [9.17, 15) is 0 Å². The summed E-state index contributed by atoms with van der Waals surface area (Å²) in [6, 6.07) is 5.53. The zero-order valence-electron chi connectivity index (χ0n) is 12.3. The first-order chi connectivity index (χ1) is 10.1. The van der Waals surface area contributed by atoms with Crippen LogP contribution < -0.4 is 15.2 Å². The molecule has 0 atom stereocenters. The van der Waals surface area contributed by atoms with Crippen molar-refractivity contribution in [2.45, 2.75) is 19.8 Å². The molecule has 0 spiro atoms. The van der Waals surface area contributed by atoms with E-state index in [4.69, 9.17) is 15.2 Å². The van der Waals surface area contributed by atoms with Crippen molar-refractivity contribution in [2.75, 3.05) is 20.0 Å². The quantitative estimate of drug-likeness (QED) is 0.782. The zero-order valence-corrected chi connectivity index (χ0v) is 14.5. The first kappa shape index (κ1) is 15.8. The van der Waals surface area contributed by atoms with Crippen LogP contribution in [0.25, 0.3) is 11.4 Å². The number of rotatable bonds is 5. The van der Waals surface area contributed by atoms with Crippen molar-refractivity contribution in [3.05, 3.63) is 27.5 Å². The lowest BCUT2D eigenvalue weighted by Crippen LogP contribution is -2.05. The summed E-state index contributed by atoms with van der Waals surface area (Å²) in [5.41, 5.74) is 7.76. The van der Waals surface area contributed by atoms with Crippen LogP contribution in [0.2, 0.25) is 0 Å². The highest BCUT2D eigenvalue weighted by molar-refractivity contribution is 14.1. The molecule has 112 valence electrons. The van der Waals surface area contributed by atoms with Crippen LogP contribution in [0.4, 0.5) is 5.82 Å². The second kappa shape index (κ2) is 6.93. The van der Waals surface area contributed by atoms with Crippen molar-refractivity contribution in [1.29, 1.82) is 0 Å². The van der Waals surface area contributed by atoms with Gasteiger partial charge in [0.2, 0.25) is 0 Å². The highest BCUT2D eigenvalue weighted by Crippen LogP contribution is 2.33. The van der Waals surface area contributed by atoms with Crippen molar-refractivity contribution in [3.63, 3.8) is 0 Å². The fourth-order valence-corrected chi connectivity index (χ4v) is 2.54. The molecule has 0 fully saturated rings. The summed E-state index contributed by atoms with van der Waals surface area (Å²) in [4.78, 5) is 9.04. The second-order valence-electron chi connectivity index (χ2n) is 4.51. The molecule has 1 heterocycles. The van der Waals surface area contributed by atoms with Gasteiger partial charge in [0, 0.05) is 0 Å². The summed E-state index contributed by atoms with van der Waals surface area (Å²) in [6.45, 7) is 2.11. The number of anilines is 1. The van der Waals surface area contributed by atoms with E-state index in [1.54, 1.807) is 14.2 Å². The Labute approximate surface area is 138 Å². The predicted octanol–water partition coefficient (Wildman–Crippen LogP) is 3.30. The fraction of sp³-hybridized carbons (Fsp3) is 0.333. The Morgan fingerprint density at radius 3 is 2.57 bits per heavy atom. The smallest absolute Gasteiger partial charge is 0.165 e. The maximum atomic E-state index is 6.02. The van der Waals surface area contributed by atoms with Gasteiger partial charge in [-0.05, 0) is 47.2 Å². The van der Waals surface area contributed by atoms with Crippen LogP contribution in [-0.4, -0.2) is 24.2 Å². The summed E-state index contributed by atoms with van der Waals surface area (Å²) >= 11 is 2.19. The molecule has 0 unspecified atom stereocenters. The minimum absolute atomic E-state index is 0.494. The van der Waals surface area contributed by atoms with E-state index in [2.05, 4.69) is 39.5 Å². The van der Waals surface area contributed by atoms with E-state index in [1.807, 2.05) is 18.2 Å². The minimum Gasteiger partial charge on any atom is -0.497 e. The highest BCUT2D eigenvalue weighted by Gasteiger charge is 2.15. The molecule has 5 nitrogen and oxygen atoms in total. The number of nitrogen functional groups attached to an aromatic ring is 1. The lowest BCUT2D eigenvalue weighted by Gasteiger charge is -2.12. The van der Waals surface area contributed by atoms with Gasteiger partial charge >= 0.3 is 0 Å². The van der Waals surface area contributed by atoms with Crippen LogP contribution in [0.1, 0.15) is 19.0 Å². The molecule has 6 heteroatoms. The van der Waals surface area contributed by atoms with E-state index < -0.39 is 0 Å². The molecule has 0 aliphatic carbocycles. The van der Waals surface area contributed by atoms with Gasteiger partial charge in [0.05, 0.1) is 29.0 Å². The van der Waals surface area contributed by atoms with Gasteiger partial charge in [-0.15, -0.1) is 0 Å². The molecule has 2 rings (SSSR count). The highest BCUT2D eigenvalue weighted by atomic mass is 127. The van der Waals surface area contributed by atoms with Gasteiger partial charge < -0.3 is 15.2 Å². The largest absolute Gasteiger partial charge is 0.497 e. The molecule has 0 saturated heterocycles. The molecular formula is C15H18IN3O2. The molecule has 0 aliphatic heterocycles. The molecule has 1 aromatic heterocycles. The van der Waals surface area contributed by atoms with Gasteiger partial charge in [-0.3, -0.25) is 0 Å². The average Bonchev–Trinajstić information content (AvgIpc) is 2.51. The Morgan fingerprint density at radius 2 is 1.95 bits per heavy atom. The third-order valence-electron chi connectivity index (χ3n) is 3.08. The number of halogens is 1. The molecule has 0 saturated carbocycles. The van der Waals surface area contributed by atoms with Crippen molar-refractivity contribution < 1.29 is 9.47 Å². The number of aromatic nitrogens is 2. The van der Waals surface area contributed by atoms with Crippen LogP contribution in [0.3, 0.4) is 0 Å². The number of aryl methyl sites for hydroxylation is 1. The first-order valence-corrected chi connectivity index (χ1v) is 7.72. The lowest BCUT2D eigenvalue weighted by atomic mass is 10.1. The molecule has 1 aromatic carbocycles. The van der Waals surface area contributed by atoms with E-state index in [0.717, 1.165) is 33.4 Å². The van der Waals surface area contributed by atoms with Gasteiger partial charge in [-0.2, -0.15) is 0 Å². The third kappa shape index (κ3) is 3.37. The van der Waals surface area contributed by atoms with Gasteiger partial charge in [-0.1, -0.05) is 13.3 Å². The summed E-state index contributed by atoms with van der Waals surface area (Å²) in [5.74, 6) is 2.48. The number of hydrogen-bond acceptors (Lipinski definition) is 5. The van der Waals surface area contributed by atoms with Gasteiger partial charge in [0.15, 0.2) is 5.82 Å². The van der Waals surface area contributed by atoms with Gasteiger partial charge in [0.25, 0.3) is 0 Å². The van der Waals surface area contributed by atoms with Crippen LogP contribution in [0.15, 0.2) is 18.2 Å². The van der Waals surface area contributed by atoms with Crippen molar-refractivity contribution in [1.82, 2.24) is 9.97 Å². The van der Waals surface area contributed by atoms with E-state index in [-0.39, 0.29) is 0 Å². The number of hydrogen-bond donors (Lipinski definition) is 1. The molecule has 2 N–H and O–H groups in total. The Balaban J connectivity index is 2.60. The van der Waals surface area contributed by atoms with Crippen molar-refractivity contribution >= 4 is 28.4 Å². The van der Waals surface area contributed by atoms with Gasteiger partial charge in [0.1, 0.15) is 17.3 Å². The molecule has 21 heavy (non-hydrogen) atoms. The van der Waals surface area contributed by atoms with Gasteiger partial charge in [-0.25, -0.2) is 9.97 Å². The fourth-order valence-electron chi connectivity index (χ4n) is 2.02. The predicted molar refractivity (Wildman–Crippen MR) is 91.7 cm³/mol. The minimum atomic E-state index is 0.494. The van der Waals surface area contributed by atoms with Crippen molar-refractivity contribution in [2.24, 2.45) is 0 Å². The van der Waals surface area contributed by atoms with E-state index >= 15 is 0 Å². The van der Waals surface area contributed by atoms with E-state index in [1.165, 1.54) is 0 Å². The summed E-state index contributed by atoms with van der Waals surface area (Å²) in [6.07, 6.45) is 1.87. The molecule has 2 aromatic rings. The second-order valence-corrected chi connectivity index (χ2v) is 5.59. The molecular weight excluding hydrogens is 381 g/mol. The van der Waals surface area contributed by atoms with Crippen LogP contribution in [0, 0.1) is 3.57 Å².